The lowest BCUT2D eigenvalue weighted by Crippen LogP contribution is -2.06. The van der Waals surface area contributed by atoms with E-state index in [9.17, 15) is 4.79 Å². The molecule has 0 atom stereocenters. The first kappa shape index (κ1) is 15.0. The Kier molecular flexibility index (Phi) is 4.94. The van der Waals surface area contributed by atoms with Crippen LogP contribution in [0.15, 0.2) is 11.6 Å². The van der Waals surface area contributed by atoms with Gasteiger partial charge in [0.2, 0.25) is 0 Å². The number of hydrogen-bond donors (Lipinski definition) is 0. The second kappa shape index (κ2) is 6.24. The average Bonchev–Trinajstić information content (AvgIpc) is 2.61. The van der Waals surface area contributed by atoms with E-state index in [1.807, 2.05) is 26.0 Å². The molecule has 0 N–H and O–H groups in total. The molecule has 0 aromatic carbocycles. The normalized spacial score (nSPS) is 11.5. The van der Waals surface area contributed by atoms with Gasteiger partial charge in [0.25, 0.3) is 0 Å². The Morgan fingerprint density at radius 2 is 2.16 bits per heavy atom. The maximum Gasteiger partial charge on any atom is 0.348 e. The summed E-state index contributed by atoms with van der Waals surface area (Å²) in [4.78, 5) is 11.6. The van der Waals surface area contributed by atoms with E-state index in [1.54, 1.807) is 13.0 Å². The molecule has 0 unspecified atom stereocenters. The minimum absolute atomic E-state index is 0.0332. The van der Waals surface area contributed by atoms with Gasteiger partial charge in [0.1, 0.15) is 11.6 Å². The Morgan fingerprint density at radius 3 is 2.58 bits per heavy atom. The third-order valence-electron chi connectivity index (χ3n) is 2.96. The van der Waals surface area contributed by atoms with Gasteiger partial charge in [-0.3, -0.25) is 0 Å². The molecular weight excluding hydrogens is 240 g/mol. The highest BCUT2D eigenvalue weighted by molar-refractivity contribution is 5.98. The second-order valence-electron chi connectivity index (χ2n) is 4.68. The van der Waals surface area contributed by atoms with E-state index in [2.05, 4.69) is 18.4 Å². The Labute approximate surface area is 114 Å². The maximum absolute atomic E-state index is 11.6. The van der Waals surface area contributed by atoms with Crippen LogP contribution in [0.3, 0.4) is 0 Å². The Balaban J connectivity index is 3.21. The van der Waals surface area contributed by atoms with Gasteiger partial charge in [0, 0.05) is 17.4 Å². The Bertz CT molecular complexity index is 545. The lowest BCUT2D eigenvalue weighted by atomic mass is 10.1. The van der Waals surface area contributed by atoms with Gasteiger partial charge in [-0.05, 0) is 52.3 Å². The zero-order chi connectivity index (χ0) is 14.6. The first-order valence-corrected chi connectivity index (χ1v) is 6.39. The average molecular weight is 260 g/mol. The summed E-state index contributed by atoms with van der Waals surface area (Å²) in [6, 6.07) is 4.22. The molecule has 0 saturated heterocycles. The number of hydrogen-bond acceptors (Lipinski definition) is 3. The summed E-state index contributed by atoms with van der Waals surface area (Å²) in [6.45, 7) is 10.2. The molecule has 0 spiro atoms. The quantitative estimate of drug-likeness (QED) is 0.474. The summed E-state index contributed by atoms with van der Waals surface area (Å²) in [6.07, 6.45) is 1.60. The largest absolute Gasteiger partial charge is 0.462 e. The van der Waals surface area contributed by atoms with Crippen molar-refractivity contribution in [1.29, 1.82) is 5.26 Å². The monoisotopic (exact) mass is 260 g/mol. The van der Waals surface area contributed by atoms with Crippen LogP contribution in [-0.2, 0) is 9.53 Å². The minimum atomic E-state index is -0.570. The number of carbonyl (C=O) groups excluding carboxylic acids is 1. The molecule has 4 heteroatoms. The number of esters is 1. The number of ether oxygens (including phenoxy) is 1. The SMILES string of the molecule is CCOC(=O)C(C#N)=Cc1cc(C)n(C(C)C)c1C. The van der Waals surface area contributed by atoms with Gasteiger partial charge in [-0.1, -0.05) is 0 Å². The number of nitrogens with zero attached hydrogens (tertiary/aromatic N) is 2. The van der Waals surface area contributed by atoms with Crippen molar-refractivity contribution in [3.63, 3.8) is 0 Å². The van der Waals surface area contributed by atoms with Gasteiger partial charge in [0.05, 0.1) is 6.61 Å². The molecule has 102 valence electrons. The summed E-state index contributed by atoms with van der Waals surface area (Å²) in [5.74, 6) is -0.570. The fourth-order valence-electron chi connectivity index (χ4n) is 2.24. The van der Waals surface area contributed by atoms with E-state index in [0.29, 0.717) is 6.04 Å². The van der Waals surface area contributed by atoms with Crippen molar-refractivity contribution >= 4 is 12.0 Å². The topological polar surface area (TPSA) is 55.0 Å². The zero-order valence-corrected chi connectivity index (χ0v) is 12.2. The van der Waals surface area contributed by atoms with Crippen LogP contribution in [0.5, 0.6) is 0 Å². The van der Waals surface area contributed by atoms with Crippen molar-refractivity contribution < 1.29 is 9.53 Å². The molecule has 0 amide bonds. The van der Waals surface area contributed by atoms with Crippen molar-refractivity contribution in [2.24, 2.45) is 0 Å². The minimum Gasteiger partial charge on any atom is -0.462 e. The van der Waals surface area contributed by atoms with Gasteiger partial charge in [-0.2, -0.15) is 5.26 Å². The summed E-state index contributed by atoms with van der Waals surface area (Å²) in [5, 5.41) is 9.03. The zero-order valence-electron chi connectivity index (χ0n) is 12.2. The fraction of sp³-hybridized carbons (Fsp3) is 0.467. The smallest absolute Gasteiger partial charge is 0.348 e. The van der Waals surface area contributed by atoms with Crippen molar-refractivity contribution in [2.45, 2.75) is 40.7 Å². The molecule has 4 nitrogen and oxygen atoms in total. The molecule has 0 aliphatic carbocycles. The molecule has 0 fully saturated rings. The summed E-state index contributed by atoms with van der Waals surface area (Å²) < 4.78 is 7.03. The number of nitriles is 1. The van der Waals surface area contributed by atoms with E-state index in [-0.39, 0.29) is 12.2 Å². The molecule has 1 rings (SSSR count). The first-order chi connectivity index (χ1) is 8.92. The van der Waals surface area contributed by atoms with Gasteiger partial charge in [-0.15, -0.1) is 0 Å². The molecule has 0 radical (unpaired) electrons. The maximum atomic E-state index is 11.6. The van der Waals surface area contributed by atoms with E-state index in [0.717, 1.165) is 17.0 Å². The van der Waals surface area contributed by atoms with Gasteiger partial charge < -0.3 is 9.30 Å². The van der Waals surface area contributed by atoms with E-state index >= 15 is 0 Å². The van der Waals surface area contributed by atoms with Gasteiger partial charge >= 0.3 is 5.97 Å². The lowest BCUT2D eigenvalue weighted by Gasteiger charge is -2.13. The van der Waals surface area contributed by atoms with Crippen LogP contribution in [0.1, 0.15) is 43.8 Å². The number of rotatable bonds is 4. The van der Waals surface area contributed by atoms with Crippen molar-refractivity contribution in [1.82, 2.24) is 4.57 Å². The second-order valence-corrected chi connectivity index (χ2v) is 4.68. The molecule has 0 bridgehead atoms. The van der Waals surface area contributed by atoms with Crippen LogP contribution in [0.4, 0.5) is 0 Å². The molecule has 19 heavy (non-hydrogen) atoms. The molecule has 0 aliphatic rings. The van der Waals surface area contributed by atoms with Crippen LogP contribution in [-0.4, -0.2) is 17.1 Å². The molecular formula is C15H20N2O2. The highest BCUT2D eigenvalue weighted by Gasteiger charge is 2.14. The van der Waals surface area contributed by atoms with Crippen LogP contribution in [0.25, 0.3) is 6.08 Å². The van der Waals surface area contributed by atoms with E-state index in [1.165, 1.54) is 0 Å². The highest BCUT2D eigenvalue weighted by atomic mass is 16.5. The number of aromatic nitrogens is 1. The lowest BCUT2D eigenvalue weighted by molar-refractivity contribution is -0.137. The van der Waals surface area contributed by atoms with Crippen LogP contribution in [0, 0.1) is 25.2 Å². The van der Waals surface area contributed by atoms with Crippen LogP contribution < -0.4 is 0 Å². The Morgan fingerprint density at radius 1 is 1.53 bits per heavy atom. The van der Waals surface area contributed by atoms with Gasteiger partial charge in [-0.25, -0.2) is 4.79 Å². The third-order valence-corrected chi connectivity index (χ3v) is 2.96. The van der Waals surface area contributed by atoms with Crippen molar-refractivity contribution in [2.75, 3.05) is 6.61 Å². The third kappa shape index (κ3) is 3.25. The van der Waals surface area contributed by atoms with E-state index in [4.69, 9.17) is 10.00 Å². The Hall–Kier alpha value is -2.02. The summed E-state index contributed by atoms with van der Waals surface area (Å²) >= 11 is 0. The summed E-state index contributed by atoms with van der Waals surface area (Å²) in [7, 11) is 0. The first-order valence-electron chi connectivity index (χ1n) is 6.39. The molecule has 1 aromatic heterocycles. The molecule has 0 aliphatic heterocycles. The van der Waals surface area contributed by atoms with E-state index < -0.39 is 5.97 Å². The fourth-order valence-corrected chi connectivity index (χ4v) is 2.24. The molecule has 0 saturated carbocycles. The predicted octanol–water partition coefficient (Wildman–Crippen LogP) is 3.16. The van der Waals surface area contributed by atoms with Crippen molar-refractivity contribution in [3.8, 4) is 6.07 Å². The van der Waals surface area contributed by atoms with Gasteiger partial charge in [0.15, 0.2) is 0 Å². The highest BCUT2D eigenvalue weighted by Crippen LogP contribution is 2.22. The molecule has 1 heterocycles. The van der Waals surface area contributed by atoms with Crippen LogP contribution in [0.2, 0.25) is 0 Å². The number of aryl methyl sites for hydroxylation is 1. The number of carbonyl (C=O) groups is 1. The predicted molar refractivity (Wildman–Crippen MR) is 74.5 cm³/mol. The summed E-state index contributed by atoms with van der Waals surface area (Å²) in [5.41, 5.74) is 3.08. The molecule has 1 aromatic rings. The van der Waals surface area contributed by atoms with Crippen molar-refractivity contribution in [3.05, 3.63) is 28.6 Å². The standard InChI is InChI=1S/C15H20N2O2/c1-6-19-15(18)14(9-16)8-13-7-11(4)17(10(2)3)12(13)5/h7-8,10H,6H2,1-5H3. The van der Waals surface area contributed by atoms with Crippen LogP contribution >= 0.6 is 0 Å².